The number of likely N-dealkylation sites (tertiary alicyclic amines) is 1. The van der Waals surface area contributed by atoms with Gasteiger partial charge in [0.15, 0.2) is 6.10 Å². The third-order valence-electron chi connectivity index (χ3n) is 4.72. The third kappa shape index (κ3) is 3.57. The molecule has 1 aromatic carbocycles. The van der Waals surface area contributed by atoms with Gasteiger partial charge >= 0.3 is 5.97 Å². The highest BCUT2D eigenvalue weighted by Crippen LogP contribution is 2.22. The lowest BCUT2D eigenvalue weighted by atomic mass is 9.98. The van der Waals surface area contributed by atoms with Gasteiger partial charge in [-0.15, -0.1) is 0 Å². The number of fused-ring (bicyclic) bond motifs is 1. The highest BCUT2D eigenvalue weighted by molar-refractivity contribution is 6.10. The minimum Gasteiger partial charge on any atom is -0.454 e. The molecule has 0 spiro atoms. The van der Waals surface area contributed by atoms with Gasteiger partial charge in [0.25, 0.3) is 0 Å². The first kappa shape index (κ1) is 17.2. The Labute approximate surface area is 146 Å². The number of Topliss-reactive ketones (excluding diaryl/α,β-unsaturated/α-hetero) is 1. The number of amides is 1. The zero-order valence-corrected chi connectivity index (χ0v) is 14.5. The highest BCUT2D eigenvalue weighted by Gasteiger charge is 2.31. The van der Waals surface area contributed by atoms with Crippen LogP contribution in [0.25, 0.3) is 10.9 Å². The van der Waals surface area contributed by atoms with E-state index in [1.54, 1.807) is 18.0 Å². The van der Waals surface area contributed by atoms with E-state index in [2.05, 4.69) is 4.98 Å². The molecular weight excluding hydrogens is 320 g/mol. The van der Waals surface area contributed by atoms with Crippen molar-refractivity contribution in [1.29, 1.82) is 0 Å². The maximum absolute atomic E-state index is 12.6. The van der Waals surface area contributed by atoms with Crippen LogP contribution in [0.1, 0.15) is 37.0 Å². The van der Waals surface area contributed by atoms with Crippen LogP contribution in [0.15, 0.2) is 30.5 Å². The number of benzene rings is 1. The number of rotatable bonds is 4. The Morgan fingerprint density at radius 2 is 2.04 bits per heavy atom. The van der Waals surface area contributed by atoms with Gasteiger partial charge in [0.1, 0.15) is 0 Å². The number of aromatic nitrogens is 1. The molecule has 1 N–H and O–H groups in total. The number of H-pyrrole nitrogens is 1. The van der Waals surface area contributed by atoms with Crippen molar-refractivity contribution in [3.63, 3.8) is 0 Å². The van der Waals surface area contributed by atoms with Crippen LogP contribution in [-0.2, 0) is 14.3 Å². The summed E-state index contributed by atoms with van der Waals surface area (Å²) < 4.78 is 5.41. The Hall–Kier alpha value is -2.63. The van der Waals surface area contributed by atoms with Crippen molar-refractivity contribution in [2.75, 3.05) is 13.1 Å². The molecule has 6 nitrogen and oxygen atoms in total. The summed E-state index contributed by atoms with van der Waals surface area (Å²) in [5.74, 6) is -1.05. The van der Waals surface area contributed by atoms with Crippen molar-refractivity contribution in [3.05, 3.63) is 36.0 Å². The number of nitrogens with one attached hydrogen (secondary N) is 1. The Bertz CT molecular complexity index is 811. The standard InChI is InChI=1S/C19H22N2O4/c1-12(18(23)16-10-20-17-8-4-3-7-15(16)17)25-19(24)14-6-5-9-21(11-14)13(2)22/h3-4,7-8,10,12,14,20H,5-6,9,11H2,1-2H3/t12-,14-/m0/s1. The molecule has 2 aromatic rings. The molecule has 1 fully saturated rings. The van der Waals surface area contributed by atoms with Crippen molar-refractivity contribution < 1.29 is 19.1 Å². The van der Waals surface area contributed by atoms with Gasteiger partial charge in [0.2, 0.25) is 11.7 Å². The summed E-state index contributed by atoms with van der Waals surface area (Å²) >= 11 is 0. The van der Waals surface area contributed by atoms with Crippen LogP contribution < -0.4 is 0 Å². The largest absolute Gasteiger partial charge is 0.454 e. The van der Waals surface area contributed by atoms with Crippen molar-refractivity contribution >= 4 is 28.6 Å². The molecule has 2 atom stereocenters. The van der Waals surface area contributed by atoms with Gasteiger partial charge in [-0.25, -0.2) is 0 Å². The Kier molecular flexibility index (Phi) is 4.88. The lowest BCUT2D eigenvalue weighted by Gasteiger charge is -2.31. The van der Waals surface area contributed by atoms with E-state index in [9.17, 15) is 14.4 Å². The molecule has 1 amide bonds. The molecule has 0 unspecified atom stereocenters. The second-order valence-electron chi connectivity index (χ2n) is 6.50. The molecule has 1 aliphatic heterocycles. The second-order valence-corrected chi connectivity index (χ2v) is 6.50. The van der Waals surface area contributed by atoms with Crippen molar-refractivity contribution in [3.8, 4) is 0 Å². The number of carbonyl (C=O) groups excluding carboxylic acids is 3. The van der Waals surface area contributed by atoms with Gasteiger partial charge in [0, 0.05) is 42.7 Å². The van der Waals surface area contributed by atoms with Crippen LogP contribution in [0, 0.1) is 5.92 Å². The van der Waals surface area contributed by atoms with Crippen molar-refractivity contribution in [2.24, 2.45) is 5.92 Å². The van der Waals surface area contributed by atoms with Crippen LogP contribution in [-0.4, -0.2) is 46.7 Å². The fourth-order valence-electron chi connectivity index (χ4n) is 3.27. The number of nitrogens with zero attached hydrogens (tertiary/aromatic N) is 1. The predicted molar refractivity (Wildman–Crippen MR) is 93.2 cm³/mol. The number of carbonyl (C=O) groups is 3. The minimum absolute atomic E-state index is 0.0413. The summed E-state index contributed by atoms with van der Waals surface area (Å²) in [5.41, 5.74) is 1.39. The number of aromatic amines is 1. The maximum Gasteiger partial charge on any atom is 0.311 e. The SMILES string of the molecule is CC(=O)N1CCC[C@H](C(=O)O[C@@H](C)C(=O)c2c[nH]c3ccccc23)C1. The normalized spacial score (nSPS) is 18.8. The number of ketones is 1. The first-order valence-corrected chi connectivity index (χ1v) is 8.53. The average molecular weight is 342 g/mol. The van der Waals surface area contributed by atoms with Crippen molar-refractivity contribution in [2.45, 2.75) is 32.8 Å². The van der Waals surface area contributed by atoms with Crippen LogP contribution in [0.3, 0.4) is 0 Å². The monoisotopic (exact) mass is 342 g/mol. The zero-order chi connectivity index (χ0) is 18.0. The molecule has 1 aromatic heterocycles. The molecule has 0 aliphatic carbocycles. The first-order chi connectivity index (χ1) is 12.0. The molecule has 1 saturated heterocycles. The quantitative estimate of drug-likeness (QED) is 0.684. The van der Waals surface area contributed by atoms with E-state index in [1.807, 2.05) is 24.3 Å². The summed E-state index contributed by atoms with van der Waals surface area (Å²) in [4.78, 5) is 41.2. The number of esters is 1. The lowest BCUT2D eigenvalue weighted by Crippen LogP contribution is -2.42. The minimum atomic E-state index is -0.862. The fraction of sp³-hybridized carbons (Fsp3) is 0.421. The van der Waals surface area contributed by atoms with Crippen molar-refractivity contribution in [1.82, 2.24) is 9.88 Å². The predicted octanol–water partition coefficient (Wildman–Crippen LogP) is 2.54. The topological polar surface area (TPSA) is 79.5 Å². The lowest BCUT2D eigenvalue weighted by molar-refractivity contribution is -0.154. The zero-order valence-electron chi connectivity index (χ0n) is 14.5. The fourth-order valence-corrected chi connectivity index (χ4v) is 3.27. The molecule has 25 heavy (non-hydrogen) atoms. The molecule has 2 heterocycles. The number of hydrogen-bond donors (Lipinski definition) is 1. The van der Waals surface area contributed by atoms with E-state index in [4.69, 9.17) is 4.74 Å². The Balaban J connectivity index is 1.67. The number of piperidine rings is 1. The Morgan fingerprint density at radius 1 is 1.28 bits per heavy atom. The van der Waals surface area contributed by atoms with Gasteiger partial charge in [-0.1, -0.05) is 18.2 Å². The molecule has 0 bridgehead atoms. The molecule has 0 saturated carbocycles. The number of hydrogen-bond acceptors (Lipinski definition) is 4. The summed E-state index contributed by atoms with van der Waals surface area (Å²) in [7, 11) is 0. The van der Waals surface area contributed by atoms with Crippen LogP contribution in [0.2, 0.25) is 0 Å². The van der Waals surface area contributed by atoms with E-state index < -0.39 is 12.1 Å². The van der Waals surface area contributed by atoms with E-state index in [-0.39, 0.29) is 17.6 Å². The molecule has 3 rings (SSSR count). The van der Waals surface area contributed by atoms with Gasteiger partial charge < -0.3 is 14.6 Å². The van der Waals surface area contributed by atoms with E-state index in [0.29, 0.717) is 25.1 Å². The second kappa shape index (κ2) is 7.09. The average Bonchev–Trinajstić information content (AvgIpc) is 3.05. The number of ether oxygens (including phenoxy) is 1. The number of para-hydroxylation sites is 1. The van der Waals surface area contributed by atoms with Crippen LogP contribution in [0.5, 0.6) is 0 Å². The third-order valence-corrected chi connectivity index (χ3v) is 4.72. The summed E-state index contributed by atoms with van der Waals surface area (Å²) in [6, 6.07) is 7.50. The molecule has 132 valence electrons. The van der Waals surface area contributed by atoms with Crippen LogP contribution >= 0.6 is 0 Å². The summed E-state index contributed by atoms with van der Waals surface area (Å²) in [6.07, 6.45) is 2.23. The van der Waals surface area contributed by atoms with Crippen LogP contribution in [0.4, 0.5) is 0 Å². The van der Waals surface area contributed by atoms with E-state index >= 15 is 0 Å². The summed E-state index contributed by atoms with van der Waals surface area (Å²) in [6.45, 7) is 4.12. The van der Waals surface area contributed by atoms with E-state index in [1.165, 1.54) is 6.92 Å². The van der Waals surface area contributed by atoms with Gasteiger partial charge in [0.05, 0.1) is 5.92 Å². The highest BCUT2D eigenvalue weighted by atomic mass is 16.5. The van der Waals surface area contributed by atoms with Gasteiger partial charge in [-0.3, -0.25) is 14.4 Å². The molecule has 0 radical (unpaired) electrons. The van der Waals surface area contributed by atoms with Gasteiger partial charge in [-0.2, -0.15) is 0 Å². The smallest absolute Gasteiger partial charge is 0.311 e. The molecular formula is C19H22N2O4. The van der Waals surface area contributed by atoms with E-state index in [0.717, 1.165) is 17.3 Å². The summed E-state index contributed by atoms with van der Waals surface area (Å²) in [5, 5.41) is 0.816. The first-order valence-electron chi connectivity index (χ1n) is 8.53. The molecule has 6 heteroatoms. The maximum atomic E-state index is 12.6. The molecule has 1 aliphatic rings. The van der Waals surface area contributed by atoms with Gasteiger partial charge in [-0.05, 0) is 25.8 Å². The Morgan fingerprint density at radius 3 is 2.80 bits per heavy atom.